The molecule has 0 spiro atoms. The summed E-state index contributed by atoms with van der Waals surface area (Å²) in [6.45, 7) is 5.86. The molecule has 1 amide bonds. The quantitative estimate of drug-likeness (QED) is 0.391. The van der Waals surface area contributed by atoms with E-state index in [0.717, 1.165) is 38.6 Å². The first-order valence-corrected chi connectivity index (χ1v) is 10.2. The average Bonchev–Trinajstić information content (AvgIpc) is 3.16. The van der Waals surface area contributed by atoms with E-state index in [1.54, 1.807) is 10.9 Å². The van der Waals surface area contributed by atoms with Gasteiger partial charge in [-0.3, -0.25) is 4.79 Å². The molecule has 6 nitrogen and oxygen atoms in total. The fourth-order valence-electron chi connectivity index (χ4n) is 3.13. The zero-order chi connectivity index (χ0) is 20.4. The molecule has 1 unspecified atom stereocenters. The minimum absolute atomic E-state index is 0.0605. The van der Waals surface area contributed by atoms with Crippen molar-refractivity contribution in [1.82, 2.24) is 19.7 Å². The van der Waals surface area contributed by atoms with E-state index in [0.29, 0.717) is 0 Å². The van der Waals surface area contributed by atoms with Gasteiger partial charge in [-0.25, -0.2) is 14.6 Å². The zero-order valence-electron chi connectivity index (χ0n) is 16.5. The summed E-state index contributed by atoms with van der Waals surface area (Å²) in [5, 5.41) is 8.76. The van der Waals surface area contributed by atoms with Gasteiger partial charge >= 0.3 is 0 Å². The Morgan fingerprint density at radius 1 is 1.03 bits per heavy atom. The van der Waals surface area contributed by atoms with Gasteiger partial charge in [-0.05, 0) is 44.0 Å². The normalized spacial score (nSPS) is 12.1. The van der Waals surface area contributed by atoms with E-state index in [4.69, 9.17) is 0 Å². The van der Waals surface area contributed by atoms with E-state index in [1.807, 2.05) is 69.3 Å². The topological polar surface area (TPSA) is 72.7 Å². The number of carbonyl (C=O) groups is 1. The number of carbonyl (C=O) groups excluding carboxylic acids is 1. The van der Waals surface area contributed by atoms with E-state index in [1.165, 1.54) is 18.1 Å². The third kappa shape index (κ3) is 3.86. The molecular weight excluding hydrogens is 382 g/mol. The first-order valence-electron chi connectivity index (χ1n) is 9.32. The standard InChI is InChI=1S/C22H21N5OS/c1-14-8-7-9-15(2)19(14)26-21(28)16(3)29-22-18-12-25-27(20(18)23-13-24-22)17-10-5-4-6-11-17/h4-13,16H,1-3H3,(H,26,28). The number of aromatic nitrogens is 4. The summed E-state index contributed by atoms with van der Waals surface area (Å²) in [5.74, 6) is -0.0605. The molecule has 0 bridgehead atoms. The molecule has 0 radical (unpaired) electrons. The Balaban J connectivity index is 1.58. The maximum atomic E-state index is 12.8. The van der Waals surface area contributed by atoms with E-state index in [2.05, 4.69) is 20.4 Å². The van der Waals surface area contributed by atoms with Crippen LogP contribution in [0, 0.1) is 13.8 Å². The van der Waals surface area contributed by atoms with Crippen LogP contribution >= 0.6 is 11.8 Å². The average molecular weight is 404 g/mol. The molecule has 146 valence electrons. The number of rotatable bonds is 5. The third-order valence-corrected chi connectivity index (χ3v) is 5.83. The van der Waals surface area contributed by atoms with Crippen molar-refractivity contribution in [2.45, 2.75) is 31.0 Å². The number of benzene rings is 2. The minimum Gasteiger partial charge on any atom is -0.325 e. The summed E-state index contributed by atoms with van der Waals surface area (Å²) < 4.78 is 1.78. The van der Waals surface area contributed by atoms with Crippen LogP contribution in [0.15, 0.2) is 66.1 Å². The largest absolute Gasteiger partial charge is 0.325 e. The van der Waals surface area contributed by atoms with Gasteiger partial charge in [0, 0.05) is 5.69 Å². The predicted molar refractivity (Wildman–Crippen MR) is 117 cm³/mol. The number of thioether (sulfide) groups is 1. The predicted octanol–water partition coefficient (Wildman–Crippen LogP) is 4.55. The fourth-order valence-corrected chi connectivity index (χ4v) is 4.01. The zero-order valence-corrected chi connectivity index (χ0v) is 17.3. The SMILES string of the molecule is Cc1cccc(C)c1NC(=O)C(C)Sc1ncnc2c1cnn2-c1ccccc1. The molecule has 0 aliphatic heterocycles. The molecule has 4 rings (SSSR count). The highest BCUT2D eigenvalue weighted by atomic mass is 32.2. The van der Waals surface area contributed by atoms with E-state index in [9.17, 15) is 4.79 Å². The van der Waals surface area contributed by atoms with Gasteiger partial charge in [-0.1, -0.05) is 48.2 Å². The Bertz CT molecular complexity index is 1150. The highest BCUT2D eigenvalue weighted by Crippen LogP contribution is 2.30. The highest BCUT2D eigenvalue weighted by Gasteiger charge is 2.20. The molecule has 2 heterocycles. The molecular formula is C22H21N5OS. The van der Waals surface area contributed by atoms with Crippen LogP contribution in [0.2, 0.25) is 0 Å². The summed E-state index contributed by atoms with van der Waals surface area (Å²) in [5.41, 5.74) is 4.61. The van der Waals surface area contributed by atoms with Crippen molar-refractivity contribution in [2.24, 2.45) is 0 Å². The fraction of sp³-hybridized carbons (Fsp3) is 0.182. The maximum Gasteiger partial charge on any atom is 0.237 e. The van der Waals surface area contributed by atoms with Crippen molar-refractivity contribution >= 4 is 34.4 Å². The lowest BCUT2D eigenvalue weighted by molar-refractivity contribution is -0.115. The van der Waals surface area contributed by atoms with Crippen LogP contribution in [0.4, 0.5) is 5.69 Å². The number of anilines is 1. The molecule has 4 aromatic rings. The second-order valence-electron chi connectivity index (χ2n) is 6.82. The Labute approximate surface area is 173 Å². The van der Waals surface area contributed by atoms with Crippen LogP contribution in [0.3, 0.4) is 0 Å². The number of hydrogen-bond acceptors (Lipinski definition) is 5. The molecule has 0 saturated carbocycles. The first-order chi connectivity index (χ1) is 14.0. The second kappa shape index (κ2) is 8.05. The number of hydrogen-bond donors (Lipinski definition) is 1. The van der Waals surface area contributed by atoms with Gasteiger partial charge in [-0.2, -0.15) is 5.10 Å². The summed E-state index contributed by atoms with van der Waals surface area (Å²) in [6, 6.07) is 15.8. The minimum atomic E-state index is -0.327. The Morgan fingerprint density at radius 2 is 1.76 bits per heavy atom. The first kappa shape index (κ1) is 19.1. The van der Waals surface area contributed by atoms with E-state index in [-0.39, 0.29) is 11.2 Å². The second-order valence-corrected chi connectivity index (χ2v) is 8.15. The van der Waals surface area contributed by atoms with Crippen LogP contribution in [0.25, 0.3) is 16.7 Å². The number of para-hydroxylation sites is 2. The molecule has 2 aromatic carbocycles. The van der Waals surface area contributed by atoms with Gasteiger partial charge in [-0.15, -0.1) is 0 Å². The van der Waals surface area contributed by atoms with Gasteiger partial charge in [0.05, 0.1) is 22.5 Å². The summed E-state index contributed by atoms with van der Waals surface area (Å²) in [7, 11) is 0. The van der Waals surface area contributed by atoms with Crippen molar-refractivity contribution in [1.29, 1.82) is 0 Å². The Hall–Kier alpha value is -3.19. The summed E-state index contributed by atoms with van der Waals surface area (Å²) >= 11 is 1.40. The van der Waals surface area contributed by atoms with Crippen LogP contribution in [-0.2, 0) is 4.79 Å². The number of nitrogens with zero attached hydrogens (tertiary/aromatic N) is 4. The maximum absolute atomic E-state index is 12.8. The van der Waals surface area contributed by atoms with Crippen LogP contribution in [0.1, 0.15) is 18.1 Å². The molecule has 1 N–H and O–H groups in total. The monoisotopic (exact) mass is 403 g/mol. The highest BCUT2D eigenvalue weighted by molar-refractivity contribution is 8.00. The Kier molecular flexibility index (Phi) is 5.31. The molecule has 0 aliphatic rings. The van der Waals surface area contributed by atoms with Gasteiger partial charge < -0.3 is 5.32 Å². The van der Waals surface area contributed by atoms with Gasteiger partial charge in [0.25, 0.3) is 0 Å². The smallest absolute Gasteiger partial charge is 0.237 e. The molecule has 29 heavy (non-hydrogen) atoms. The molecule has 7 heteroatoms. The van der Waals surface area contributed by atoms with Crippen molar-refractivity contribution < 1.29 is 4.79 Å². The number of aryl methyl sites for hydroxylation is 2. The Morgan fingerprint density at radius 3 is 2.48 bits per heavy atom. The van der Waals surface area contributed by atoms with Gasteiger partial charge in [0.2, 0.25) is 5.91 Å². The van der Waals surface area contributed by atoms with Crippen LogP contribution in [-0.4, -0.2) is 30.9 Å². The lowest BCUT2D eigenvalue weighted by atomic mass is 10.1. The van der Waals surface area contributed by atoms with E-state index < -0.39 is 0 Å². The molecule has 1 atom stereocenters. The van der Waals surface area contributed by atoms with Crippen LogP contribution in [0.5, 0.6) is 0 Å². The van der Waals surface area contributed by atoms with Gasteiger partial charge in [0.1, 0.15) is 11.4 Å². The lowest BCUT2D eigenvalue weighted by Gasteiger charge is -2.15. The molecule has 2 aromatic heterocycles. The third-order valence-electron chi connectivity index (χ3n) is 4.72. The van der Waals surface area contributed by atoms with Crippen LogP contribution < -0.4 is 5.32 Å². The van der Waals surface area contributed by atoms with Crippen molar-refractivity contribution in [2.75, 3.05) is 5.32 Å². The number of amides is 1. The van der Waals surface area contributed by atoms with E-state index >= 15 is 0 Å². The van der Waals surface area contributed by atoms with Gasteiger partial charge in [0.15, 0.2) is 5.65 Å². The molecule has 0 fully saturated rings. The van der Waals surface area contributed by atoms with Crippen molar-refractivity contribution in [3.8, 4) is 5.69 Å². The number of fused-ring (bicyclic) bond motifs is 1. The summed E-state index contributed by atoms with van der Waals surface area (Å²) in [4.78, 5) is 21.6. The summed E-state index contributed by atoms with van der Waals surface area (Å²) in [6.07, 6.45) is 3.27. The lowest BCUT2D eigenvalue weighted by Crippen LogP contribution is -2.23. The van der Waals surface area contributed by atoms with Crippen molar-refractivity contribution in [3.05, 3.63) is 72.2 Å². The molecule has 0 aliphatic carbocycles. The van der Waals surface area contributed by atoms with Crippen molar-refractivity contribution in [3.63, 3.8) is 0 Å². The molecule has 0 saturated heterocycles. The number of nitrogens with one attached hydrogen (secondary N) is 1.